The zero-order valence-corrected chi connectivity index (χ0v) is 18.2. The number of rotatable bonds is 14. The molecule has 0 aromatic heterocycles. The predicted molar refractivity (Wildman–Crippen MR) is 109 cm³/mol. The molecule has 0 spiro atoms. The van der Waals surface area contributed by atoms with Crippen LogP contribution in [0.1, 0.15) is 80.1 Å². The van der Waals surface area contributed by atoms with Gasteiger partial charge in [0.2, 0.25) is 0 Å². The molecule has 0 aliphatic heterocycles. The topological polar surface area (TPSA) is 29.5 Å². The molecule has 4 heteroatoms. The summed E-state index contributed by atoms with van der Waals surface area (Å²) in [6.45, 7) is 13.5. The average molecular weight is 354 g/mol. The van der Waals surface area contributed by atoms with Gasteiger partial charge in [-0.1, -0.05) is 0 Å². The van der Waals surface area contributed by atoms with Crippen LogP contribution in [0.15, 0.2) is 0 Å². The maximum atomic E-state index is 12.0. The van der Waals surface area contributed by atoms with Crippen molar-refractivity contribution in [3.05, 3.63) is 0 Å². The summed E-state index contributed by atoms with van der Waals surface area (Å²) in [4.78, 5) is 12.0. The van der Waals surface area contributed by atoms with Gasteiger partial charge in [-0.2, -0.15) is 0 Å². The van der Waals surface area contributed by atoms with Gasteiger partial charge in [-0.3, -0.25) is 0 Å². The van der Waals surface area contributed by atoms with Gasteiger partial charge in [0.1, 0.15) is 0 Å². The summed E-state index contributed by atoms with van der Waals surface area (Å²) in [5, 5.41) is 0. The minimum atomic E-state index is -2.99. The van der Waals surface area contributed by atoms with Crippen molar-refractivity contribution < 1.29 is 9.20 Å². The van der Waals surface area contributed by atoms with Crippen LogP contribution in [0.3, 0.4) is 0 Å². The normalized spacial score (nSPS) is 15.5. The van der Waals surface area contributed by atoms with Crippen molar-refractivity contribution >= 4 is 14.5 Å². The summed E-state index contributed by atoms with van der Waals surface area (Å²) in [6.07, 6.45) is 13.0. The molecule has 0 amide bonds. The SMILES string of the molecule is CCCCP(O)(CCCC)(CCCC)O[PH](CC)(CC)CC. The average Bonchev–Trinajstić information content (AvgIpc) is 2.55. The molecule has 2 nitrogen and oxygen atoms in total. The molecule has 0 aliphatic rings. The Hall–Kier alpha value is 0.780. The second kappa shape index (κ2) is 10.6. The standard InChI is InChI=1S/C18H44O2P2/c1-7-13-16-22(19,17-14-8-2,18-15-9-3)20-21(10-4,11-5)12-6/h19,21H,7-18H2,1-6H3. The first kappa shape index (κ1) is 22.8. The second-order valence-corrected chi connectivity index (χ2v) is 16.8. The Morgan fingerprint density at radius 3 is 1.23 bits per heavy atom. The first-order valence-corrected chi connectivity index (χ1v) is 15.0. The Morgan fingerprint density at radius 2 is 1.00 bits per heavy atom. The van der Waals surface area contributed by atoms with Gasteiger partial charge >= 0.3 is 141 Å². The van der Waals surface area contributed by atoms with E-state index in [2.05, 4.69) is 41.5 Å². The fraction of sp³-hybridized carbons (Fsp3) is 1.00. The van der Waals surface area contributed by atoms with Crippen molar-refractivity contribution in [2.45, 2.75) is 80.1 Å². The van der Waals surface area contributed by atoms with Crippen LogP contribution < -0.4 is 0 Å². The molecule has 0 radical (unpaired) electrons. The molecule has 0 unspecified atom stereocenters. The van der Waals surface area contributed by atoms with Crippen molar-refractivity contribution in [3.8, 4) is 0 Å². The Morgan fingerprint density at radius 1 is 0.682 bits per heavy atom. The van der Waals surface area contributed by atoms with Crippen LogP contribution in [-0.4, -0.2) is 41.9 Å². The third kappa shape index (κ3) is 6.72. The molecule has 22 heavy (non-hydrogen) atoms. The molecule has 138 valence electrons. The van der Waals surface area contributed by atoms with Crippen LogP contribution in [0.4, 0.5) is 0 Å². The van der Waals surface area contributed by atoms with Crippen LogP contribution >= 0.6 is 14.5 Å². The van der Waals surface area contributed by atoms with Crippen molar-refractivity contribution in [3.63, 3.8) is 0 Å². The van der Waals surface area contributed by atoms with E-state index in [0.717, 1.165) is 75.5 Å². The summed E-state index contributed by atoms with van der Waals surface area (Å²) in [6, 6.07) is 0. The zero-order valence-electron chi connectivity index (χ0n) is 16.3. The van der Waals surface area contributed by atoms with E-state index in [-0.39, 0.29) is 0 Å². The Balaban J connectivity index is 5.56. The van der Waals surface area contributed by atoms with Gasteiger partial charge in [-0.05, 0) is 0 Å². The van der Waals surface area contributed by atoms with Crippen LogP contribution in [0, 0.1) is 0 Å². The molecule has 0 saturated carbocycles. The van der Waals surface area contributed by atoms with E-state index in [1.54, 1.807) is 0 Å². The molecular formula is C18H44O2P2. The minimum absolute atomic E-state index is 0.941. The summed E-state index contributed by atoms with van der Waals surface area (Å²) < 4.78 is 6.99. The van der Waals surface area contributed by atoms with E-state index < -0.39 is 14.5 Å². The maximum absolute atomic E-state index is 12.0. The first-order valence-electron chi connectivity index (χ1n) is 9.84. The number of unbranched alkanes of at least 4 members (excludes halogenated alkanes) is 3. The Labute approximate surface area is 141 Å². The van der Waals surface area contributed by atoms with E-state index in [1.807, 2.05) is 0 Å². The molecule has 1 N–H and O–H groups in total. The van der Waals surface area contributed by atoms with Crippen molar-refractivity contribution in [1.82, 2.24) is 0 Å². The second-order valence-electron chi connectivity index (χ2n) is 7.13. The molecule has 0 aromatic rings. The quantitative estimate of drug-likeness (QED) is 0.361. The van der Waals surface area contributed by atoms with Crippen LogP contribution in [0.2, 0.25) is 0 Å². The summed E-state index contributed by atoms with van der Waals surface area (Å²) in [7, 11) is -4.75. The Bertz CT molecular complexity index is 258. The van der Waals surface area contributed by atoms with Crippen LogP contribution in [0.25, 0.3) is 0 Å². The number of hydrogen-bond donors (Lipinski definition) is 1. The van der Waals surface area contributed by atoms with Crippen molar-refractivity contribution in [2.75, 3.05) is 37.0 Å². The summed E-state index contributed by atoms with van der Waals surface area (Å²) >= 11 is 0. The number of hydrogen-bond acceptors (Lipinski definition) is 2. The molecule has 0 saturated heterocycles. The molecule has 0 rings (SSSR count). The Kier molecular flexibility index (Phi) is 11.0. The van der Waals surface area contributed by atoms with E-state index >= 15 is 0 Å². The molecule has 0 fully saturated rings. The van der Waals surface area contributed by atoms with Crippen molar-refractivity contribution in [2.24, 2.45) is 0 Å². The van der Waals surface area contributed by atoms with E-state index in [0.29, 0.717) is 0 Å². The summed E-state index contributed by atoms with van der Waals surface area (Å²) in [5.74, 6) is 0. The molecule has 0 aromatic carbocycles. The van der Waals surface area contributed by atoms with E-state index in [1.165, 1.54) is 0 Å². The molecule has 0 bridgehead atoms. The van der Waals surface area contributed by atoms with Crippen molar-refractivity contribution in [1.29, 1.82) is 0 Å². The van der Waals surface area contributed by atoms with E-state index in [4.69, 9.17) is 4.31 Å². The fourth-order valence-corrected chi connectivity index (χ4v) is 15.4. The van der Waals surface area contributed by atoms with E-state index in [9.17, 15) is 4.89 Å². The molecule has 0 atom stereocenters. The van der Waals surface area contributed by atoms with Gasteiger partial charge in [-0.25, -0.2) is 0 Å². The monoisotopic (exact) mass is 354 g/mol. The first-order chi connectivity index (χ1) is 10.4. The third-order valence-electron chi connectivity index (χ3n) is 5.42. The van der Waals surface area contributed by atoms with Crippen LogP contribution in [0.5, 0.6) is 0 Å². The molecule has 0 heterocycles. The van der Waals surface area contributed by atoms with Crippen LogP contribution in [-0.2, 0) is 4.31 Å². The van der Waals surface area contributed by atoms with Gasteiger partial charge in [0.05, 0.1) is 0 Å². The fourth-order valence-electron chi connectivity index (χ4n) is 3.46. The molecular weight excluding hydrogens is 310 g/mol. The van der Waals surface area contributed by atoms with Gasteiger partial charge in [0.25, 0.3) is 0 Å². The van der Waals surface area contributed by atoms with Gasteiger partial charge in [-0.15, -0.1) is 0 Å². The summed E-state index contributed by atoms with van der Waals surface area (Å²) in [5.41, 5.74) is 0. The zero-order chi connectivity index (χ0) is 17.1. The van der Waals surface area contributed by atoms with Gasteiger partial charge in [0, 0.05) is 0 Å². The predicted octanol–water partition coefficient (Wildman–Crippen LogP) is 6.50. The van der Waals surface area contributed by atoms with Gasteiger partial charge < -0.3 is 0 Å². The molecule has 0 aliphatic carbocycles. The van der Waals surface area contributed by atoms with Gasteiger partial charge in [0.15, 0.2) is 0 Å². The third-order valence-corrected chi connectivity index (χ3v) is 16.7.